The van der Waals surface area contributed by atoms with E-state index >= 15 is 0 Å². The van der Waals surface area contributed by atoms with Crippen LogP contribution >= 0.6 is 0 Å². The average Bonchev–Trinajstić information content (AvgIpc) is 2.31. The molecule has 110 valence electrons. The van der Waals surface area contributed by atoms with Crippen molar-refractivity contribution in [2.24, 2.45) is 5.41 Å². The Bertz CT molecular complexity index is 187. The molecule has 0 saturated heterocycles. The SMILES string of the molecule is CCCC(C)(CNC)CN(CCO)C(CC)CC. The van der Waals surface area contributed by atoms with Crippen LogP contribution in [-0.2, 0) is 0 Å². The monoisotopic (exact) mass is 258 g/mol. The van der Waals surface area contributed by atoms with Crippen LogP contribution in [0.3, 0.4) is 0 Å². The molecule has 0 fully saturated rings. The third-order valence-corrected chi connectivity index (χ3v) is 3.89. The van der Waals surface area contributed by atoms with Crippen molar-refractivity contribution >= 4 is 0 Å². The molecule has 18 heavy (non-hydrogen) atoms. The van der Waals surface area contributed by atoms with E-state index in [0.717, 1.165) is 32.5 Å². The molecular weight excluding hydrogens is 224 g/mol. The maximum Gasteiger partial charge on any atom is 0.0558 e. The molecular formula is C15H34N2O. The second-order valence-electron chi connectivity index (χ2n) is 5.76. The van der Waals surface area contributed by atoms with Gasteiger partial charge in [-0.2, -0.15) is 0 Å². The van der Waals surface area contributed by atoms with Gasteiger partial charge in [0, 0.05) is 25.7 Å². The molecule has 1 unspecified atom stereocenters. The first-order valence-electron chi connectivity index (χ1n) is 7.56. The summed E-state index contributed by atoms with van der Waals surface area (Å²) in [5, 5.41) is 12.6. The van der Waals surface area contributed by atoms with Crippen LogP contribution in [0.1, 0.15) is 53.4 Å². The van der Waals surface area contributed by atoms with Gasteiger partial charge in [-0.1, -0.05) is 34.1 Å². The standard InChI is InChI=1S/C15H34N2O/c1-6-9-15(4,12-16-5)13-17(10-11-18)14(7-2)8-3/h14,16,18H,6-13H2,1-5H3. The predicted octanol–water partition coefficient (Wildman–Crippen LogP) is 2.50. The molecule has 0 aromatic rings. The van der Waals surface area contributed by atoms with E-state index in [1.165, 1.54) is 12.8 Å². The molecule has 0 aromatic carbocycles. The largest absolute Gasteiger partial charge is 0.395 e. The van der Waals surface area contributed by atoms with Crippen molar-refractivity contribution in [1.29, 1.82) is 0 Å². The quantitative estimate of drug-likeness (QED) is 0.598. The average molecular weight is 258 g/mol. The van der Waals surface area contributed by atoms with Gasteiger partial charge in [0.25, 0.3) is 0 Å². The van der Waals surface area contributed by atoms with E-state index in [-0.39, 0.29) is 6.61 Å². The van der Waals surface area contributed by atoms with Crippen molar-refractivity contribution in [2.45, 2.75) is 59.4 Å². The molecule has 1 atom stereocenters. The lowest BCUT2D eigenvalue weighted by Crippen LogP contribution is -2.46. The summed E-state index contributed by atoms with van der Waals surface area (Å²) in [7, 11) is 2.03. The number of aliphatic hydroxyl groups excluding tert-OH is 1. The van der Waals surface area contributed by atoms with Gasteiger partial charge in [-0.3, -0.25) is 4.90 Å². The summed E-state index contributed by atoms with van der Waals surface area (Å²) in [6.45, 7) is 12.3. The molecule has 0 bridgehead atoms. The van der Waals surface area contributed by atoms with E-state index in [9.17, 15) is 5.11 Å². The summed E-state index contributed by atoms with van der Waals surface area (Å²) in [5.41, 5.74) is 0.307. The minimum absolute atomic E-state index is 0.262. The van der Waals surface area contributed by atoms with E-state index in [1.54, 1.807) is 0 Å². The van der Waals surface area contributed by atoms with Crippen molar-refractivity contribution < 1.29 is 5.11 Å². The molecule has 3 nitrogen and oxygen atoms in total. The first-order valence-corrected chi connectivity index (χ1v) is 7.56. The van der Waals surface area contributed by atoms with Crippen molar-refractivity contribution in [3.8, 4) is 0 Å². The van der Waals surface area contributed by atoms with Gasteiger partial charge in [-0.15, -0.1) is 0 Å². The minimum atomic E-state index is 0.262. The van der Waals surface area contributed by atoms with E-state index in [1.807, 2.05) is 7.05 Å². The number of hydrogen-bond donors (Lipinski definition) is 2. The maximum atomic E-state index is 9.28. The van der Waals surface area contributed by atoms with Crippen LogP contribution in [0.4, 0.5) is 0 Å². The molecule has 3 heteroatoms. The third kappa shape index (κ3) is 6.17. The van der Waals surface area contributed by atoms with Crippen molar-refractivity contribution in [3.05, 3.63) is 0 Å². The molecule has 0 heterocycles. The number of hydrogen-bond acceptors (Lipinski definition) is 3. The van der Waals surface area contributed by atoms with E-state index in [0.29, 0.717) is 11.5 Å². The van der Waals surface area contributed by atoms with Crippen LogP contribution in [0.25, 0.3) is 0 Å². The number of nitrogens with one attached hydrogen (secondary N) is 1. The van der Waals surface area contributed by atoms with Gasteiger partial charge in [0.15, 0.2) is 0 Å². The maximum absolute atomic E-state index is 9.28. The predicted molar refractivity (Wildman–Crippen MR) is 80.0 cm³/mol. The van der Waals surface area contributed by atoms with E-state index in [4.69, 9.17) is 0 Å². The Morgan fingerprint density at radius 3 is 2.22 bits per heavy atom. The van der Waals surface area contributed by atoms with Gasteiger partial charge in [0.1, 0.15) is 0 Å². The highest BCUT2D eigenvalue weighted by atomic mass is 16.3. The van der Waals surface area contributed by atoms with Gasteiger partial charge >= 0.3 is 0 Å². The van der Waals surface area contributed by atoms with Crippen LogP contribution in [0, 0.1) is 5.41 Å². The summed E-state index contributed by atoms with van der Waals surface area (Å²) in [5.74, 6) is 0. The zero-order chi connectivity index (χ0) is 14.0. The van der Waals surface area contributed by atoms with Crippen LogP contribution in [0.15, 0.2) is 0 Å². The van der Waals surface area contributed by atoms with Crippen LogP contribution < -0.4 is 5.32 Å². The third-order valence-electron chi connectivity index (χ3n) is 3.89. The molecule has 2 N–H and O–H groups in total. The second kappa shape index (κ2) is 9.76. The van der Waals surface area contributed by atoms with Crippen molar-refractivity contribution in [1.82, 2.24) is 10.2 Å². The normalized spacial score (nSPS) is 15.3. The fourth-order valence-corrected chi connectivity index (χ4v) is 3.07. The van der Waals surface area contributed by atoms with Gasteiger partial charge in [-0.25, -0.2) is 0 Å². The highest BCUT2D eigenvalue weighted by Gasteiger charge is 2.27. The molecule has 0 rings (SSSR count). The summed E-state index contributed by atoms with van der Waals surface area (Å²) >= 11 is 0. The molecule has 0 aliphatic carbocycles. The fourth-order valence-electron chi connectivity index (χ4n) is 3.07. The molecule has 0 saturated carbocycles. The summed E-state index contributed by atoms with van der Waals surface area (Å²) in [4.78, 5) is 2.48. The Hall–Kier alpha value is -0.120. The first-order chi connectivity index (χ1) is 8.56. The zero-order valence-corrected chi connectivity index (χ0v) is 13.1. The Kier molecular flexibility index (Phi) is 9.70. The molecule has 0 aromatic heterocycles. The Labute approximate surface area is 114 Å². The lowest BCUT2D eigenvalue weighted by atomic mass is 9.84. The topological polar surface area (TPSA) is 35.5 Å². The first kappa shape index (κ1) is 17.9. The van der Waals surface area contributed by atoms with Gasteiger partial charge in [-0.05, 0) is 31.7 Å². The smallest absolute Gasteiger partial charge is 0.0558 e. The van der Waals surface area contributed by atoms with Crippen LogP contribution in [-0.4, -0.2) is 49.3 Å². The van der Waals surface area contributed by atoms with Gasteiger partial charge in [0.2, 0.25) is 0 Å². The van der Waals surface area contributed by atoms with Gasteiger partial charge in [0.05, 0.1) is 6.61 Å². The fraction of sp³-hybridized carbons (Fsp3) is 1.00. The molecule has 0 radical (unpaired) electrons. The summed E-state index contributed by atoms with van der Waals surface area (Å²) in [6.07, 6.45) is 4.78. The van der Waals surface area contributed by atoms with Crippen LogP contribution in [0.2, 0.25) is 0 Å². The zero-order valence-electron chi connectivity index (χ0n) is 13.1. The van der Waals surface area contributed by atoms with Crippen molar-refractivity contribution in [3.63, 3.8) is 0 Å². The van der Waals surface area contributed by atoms with E-state index in [2.05, 4.69) is 37.9 Å². The molecule has 0 spiro atoms. The lowest BCUT2D eigenvalue weighted by molar-refractivity contribution is 0.0853. The number of nitrogens with zero attached hydrogens (tertiary/aromatic N) is 1. The van der Waals surface area contributed by atoms with Crippen LogP contribution in [0.5, 0.6) is 0 Å². The Morgan fingerprint density at radius 2 is 1.83 bits per heavy atom. The van der Waals surface area contributed by atoms with Crippen molar-refractivity contribution in [2.75, 3.05) is 33.3 Å². The second-order valence-corrected chi connectivity index (χ2v) is 5.76. The lowest BCUT2D eigenvalue weighted by Gasteiger charge is -2.39. The Balaban J connectivity index is 4.68. The number of aliphatic hydroxyl groups is 1. The minimum Gasteiger partial charge on any atom is -0.395 e. The van der Waals surface area contributed by atoms with E-state index < -0.39 is 0 Å². The molecule has 0 aliphatic rings. The summed E-state index contributed by atoms with van der Waals surface area (Å²) < 4.78 is 0. The summed E-state index contributed by atoms with van der Waals surface area (Å²) in [6, 6.07) is 0.602. The highest BCUT2D eigenvalue weighted by Crippen LogP contribution is 2.25. The molecule has 0 amide bonds. The Morgan fingerprint density at radius 1 is 1.22 bits per heavy atom. The van der Waals surface area contributed by atoms with Gasteiger partial charge < -0.3 is 10.4 Å². The highest BCUT2D eigenvalue weighted by molar-refractivity contribution is 4.82. The molecule has 0 aliphatic heterocycles. The number of rotatable bonds is 11.